The van der Waals surface area contributed by atoms with Crippen molar-refractivity contribution < 1.29 is 0 Å². The van der Waals surface area contributed by atoms with Crippen LogP contribution in [0.1, 0.15) is 53.5 Å². The third-order valence-electron chi connectivity index (χ3n) is 4.32. The fraction of sp³-hybridized carbons (Fsp3) is 0.667. The Morgan fingerprint density at radius 1 is 1.25 bits per heavy atom. The van der Waals surface area contributed by atoms with Gasteiger partial charge in [0.05, 0.1) is 0 Å². The molecule has 0 radical (unpaired) electrons. The minimum absolute atomic E-state index is 0.177. The van der Waals surface area contributed by atoms with Gasteiger partial charge in [-0.3, -0.25) is 0 Å². The van der Waals surface area contributed by atoms with Gasteiger partial charge in [-0.1, -0.05) is 45.9 Å². The second-order valence-electron chi connectivity index (χ2n) is 7.72. The molecule has 1 N–H and O–H groups in total. The number of piperazine rings is 1. The van der Waals surface area contributed by atoms with Crippen molar-refractivity contribution in [1.82, 2.24) is 5.32 Å². The quantitative estimate of drug-likeness (QED) is 0.878. The number of rotatable bonds is 2. The molecule has 0 saturated carbocycles. The Balaban J connectivity index is 2.42. The van der Waals surface area contributed by atoms with Gasteiger partial charge in [0.1, 0.15) is 0 Å². The molecule has 1 unspecified atom stereocenters. The van der Waals surface area contributed by atoms with Gasteiger partial charge in [-0.2, -0.15) is 0 Å². The van der Waals surface area contributed by atoms with Crippen molar-refractivity contribution in [3.63, 3.8) is 0 Å². The number of hydrogen-bond donors (Lipinski definition) is 1. The van der Waals surface area contributed by atoms with Crippen LogP contribution in [0.15, 0.2) is 24.3 Å². The maximum atomic E-state index is 3.68. The van der Waals surface area contributed by atoms with Gasteiger partial charge < -0.3 is 10.2 Å². The summed E-state index contributed by atoms with van der Waals surface area (Å²) in [5, 5.41) is 3.68. The molecule has 1 heterocycles. The summed E-state index contributed by atoms with van der Waals surface area (Å²) in [6, 6.07) is 9.51. The zero-order chi connectivity index (χ0) is 15.0. The maximum Gasteiger partial charge on any atom is 0.0413 e. The van der Waals surface area contributed by atoms with Gasteiger partial charge in [-0.15, -0.1) is 0 Å². The highest BCUT2D eigenvalue weighted by atomic mass is 15.3. The summed E-state index contributed by atoms with van der Waals surface area (Å²) in [6.45, 7) is 15.9. The number of nitrogens with zero attached hydrogens (tertiary/aromatic N) is 1. The van der Waals surface area contributed by atoms with Gasteiger partial charge >= 0.3 is 0 Å². The Hall–Kier alpha value is -1.02. The number of para-hydroxylation sites is 1. The van der Waals surface area contributed by atoms with E-state index in [2.05, 4.69) is 76.0 Å². The van der Waals surface area contributed by atoms with E-state index in [0.29, 0.717) is 6.04 Å². The van der Waals surface area contributed by atoms with Crippen molar-refractivity contribution in [2.24, 2.45) is 0 Å². The van der Waals surface area contributed by atoms with Gasteiger partial charge in [0.15, 0.2) is 0 Å². The first-order valence-corrected chi connectivity index (χ1v) is 7.86. The third kappa shape index (κ3) is 3.17. The molecule has 0 amide bonds. The van der Waals surface area contributed by atoms with Crippen molar-refractivity contribution in [2.45, 2.75) is 65.0 Å². The molecule has 2 nitrogen and oxygen atoms in total. The van der Waals surface area contributed by atoms with Crippen LogP contribution >= 0.6 is 0 Å². The molecule has 2 rings (SSSR count). The average Bonchev–Trinajstić information content (AvgIpc) is 2.37. The predicted octanol–water partition coefficient (Wildman–Crippen LogP) is 3.95. The van der Waals surface area contributed by atoms with Crippen LogP contribution in [-0.4, -0.2) is 24.7 Å². The van der Waals surface area contributed by atoms with E-state index in [-0.39, 0.29) is 11.0 Å². The summed E-state index contributed by atoms with van der Waals surface area (Å²) >= 11 is 0. The second kappa shape index (κ2) is 5.40. The molecule has 1 aliphatic rings. The summed E-state index contributed by atoms with van der Waals surface area (Å²) in [5.41, 5.74) is 3.23. The summed E-state index contributed by atoms with van der Waals surface area (Å²) in [6.07, 6.45) is 1.18. The topological polar surface area (TPSA) is 15.3 Å². The molecule has 1 aromatic rings. The lowest BCUT2D eigenvalue weighted by Crippen LogP contribution is -2.62. The molecule has 1 aromatic carbocycles. The largest absolute Gasteiger partial charge is 0.365 e. The molecule has 1 fully saturated rings. The lowest BCUT2D eigenvalue weighted by Gasteiger charge is -2.47. The molecular weight excluding hydrogens is 244 g/mol. The molecule has 0 aliphatic carbocycles. The van der Waals surface area contributed by atoms with E-state index >= 15 is 0 Å². The molecule has 1 atom stereocenters. The van der Waals surface area contributed by atoms with Gasteiger partial charge in [0.25, 0.3) is 0 Å². The molecule has 112 valence electrons. The number of nitrogens with one attached hydrogen (secondary N) is 1. The van der Waals surface area contributed by atoms with Crippen LogP contribution in [0, 0.1) is 0 Å². The summed E-state index contributed by atoms with van der Waals surface area (Å²) in [7, 11) is 0. The summed E-state index contributed by atoms with van der Waals surface area (Å²) in [5.74, 6) is 0. The molecule has 1 aliphatic heterocycles. The first-order valence-electron chi connectivity index (χ1n) is 7.86. The normalized spacial score (nSPS) is 22.9. The van der Waals surface area contributed by atoms with Crippen molar-refractivity contribution in [3.05, 3.63) is 29.8 Å². The maximum absolute atomic E-state index is 3.68. The van der Waals surface area contributed by atoms with Crippen LogP contribution in [0.25, 0.3) is 0 Å². The number of anilines is 1. The first-order chi connectivity index (χ1) is 9.24. The Morgan fingerprint density at radius 2 is 1.90 bits per heavy atom. The van der Waals surface area contributed by atoms with Crippen LogP contribution in [-0.2, 0) is 5.41 Å². The van der Waals surface area contributed by atoms with Crippen LogP contribution in [0.2, 0.25) is 0 Å². The molecular formula is C18H30N2. The average molecular weight is 274 g/mol. The fourth-order valence-electron chi connectivity index (χ4n) is 3.12. The van der Waals surface area contributed by atoms with E-state index < -0.39 is 0 Å². The standard InChI is InChI=1S/C18H30N2/c1-7-14-12-19-18(5,6)13-20(14)16-11-9-8-10-15(16)17(2,3)4/h8-11,14,19H,7,12-13H2,1-6H3. The highest BCUT2D eigenvalue weighted by Crippen LogP contribution is 2.35. The second-order valence-corrected chi connectivity index (χ2v) is 7.72. The number of benzene rings is 1. The fourth-order valence-corrected chi connectivity index (χ4v) is 3.12. The van der Waals surface area contributed by atoms with E-state index in [9.17, 15) is 0 Å². The molecule has 0 spiro atoms. The summed E-state index contributed by atoms with van der Waals surface area (Å²) in [4.78, 5) is 2.62. The molecule has 0 bridgehead atoms. The van der Waals surface area contributed by atoms with E-state index in [1.165, 1.54) is 17.7 Å². The van der Waals surface area contributed by atoms with Gasteiger partial charge in [-0.05, 0) is 37.3 Å². The highest BCUT2D eigenvalue weighted by molar-refractivity contribution is 5.58. The Kier molecular flexibility index (Phi) is 4.15. The number of hydrogen-bond acceptors (Lipinski definition) is 2. The van der Waals surface area contributed by atoms with Crippen molar-refractivity contribution in [1.29, 1.82) is 0 Å². The van der Waals surface area contributed by atoms with E-state index in [4.69, 9.17) is 0 Å². The predicted molar refractivity (Wildman–Crippen MR) is 88.6 cm³/mol. The Labute approximate surface area is 124 Å². The van der Waals surface area contributed by atoms with Crippen molar-refractivity contribution in [3.8, 4) is 0 Å². The van der Waals surface area contributed by atoms with Crippen molar-refractivity contribution >= 4 is 5.69 Å². The summed E-state index contributed by atoms with van der Waals surface area (Å²) < 4.78 is 0. The lowest BCUT2D eigenvalue weighted by atomic mass is 9.84. The zero-order valence-electron chi connectivity index (χ0n) is 14.0. The van der Waals surface area contributed by atoms with Crippen LogP contribution in [0.3, 0.4) is 0 Å². The van der Waals surface area contributed by atoms with Crippen LogP contribution < -0.4 is 10.2 Å². The molecule has 2 heteroatoms. The van der Waals surface area contributed by atoms with Gasteiger partial charge in [0, 0.05) is 30.4 Å². The first kappa shape index (κ1) is 15.4. The van der Waals surface area contributed by atoms with Crippen molar-refractivity contribution in [2.75, 3.05) is 18.0 Å². The van der Waals surface area contributed by atoms with E-state index in [0.717, 1.165) is 13.1 Å². The minimum atomic E-state index is 0.177. The van der Waals surface area contributed by atoms with Gasteiger partial charge in [-0.25, -0.2) is 0 Å². The van der Waals surface area contributed by atoms with Crippen LogP contribution in [0.4, 0.5) is 5.69 Å². The minimum Gasteiger partial charge on any atom is -0.365 e. The Morgan fingerprint density at radius 3 is 2.50 bits per heavy atom. The van der Waals surface area contributed by atoms with Crippen LogP contribution in [0.5, 0.6) is 0 Å². The zero-order valence-corrected chi connectivity index (χ0v) is 14.0. The third-order valence-corrected chi connectivity index (χ3v) is 4.32. The molecule has 1 saturated heterocycles. The highest BCUT2D eigenvalue weighted by Gasteiger charge is 2.33. The monoisotopic (exact) mass is 274 g/mol. The molecule has 20 heavy (non-hydrogen) atoms. The SMILES string of the molecule is CCC1CNC(C)(C)CN1c1ccccc1C(C)(C)C. The Bertz CT molecular complexity index is 457. The van der Waals surface area contributed by atoms with E-state index in [1.54, 1.807) is 0 Å². The van der Waals surface area contributed by atoms with Gasteiger partial charge in [0.2, 0.25) is 0 Å². The van der Waals surface area contributed by atoms with E-state index in [1.807, 2.05) is 0 Å². The molecule has 0 aromatic heterocycles. The lowest BCUT2D eigenvalue weighted by molar-refractivity contribution is 0.305. The smallest absolute Gasteiger partial charge is 0.0413 e.